The van der Waals surface area contributed by atoms with Crippen molar-refractivity contribution in [3.05, 3.63) is 20.8 Å². The highest BCUT2D eigenvalue weighted by Crippen LogP contribution is 2.20. The van der Waals surface area contributed by atoms with Gasteiger partial charge in [-0.05, 0) is 5.64 Å². The SMILES string of the molecule is O=C1NC(=O)C2/N=N/c3c([nH]c(=O)[nH]c3=O)ONOC2N1. The van der Waals surface area contributed by atoms with Crippen LogP contribution in [0.1, 0.15) is 0 Å². The van der Waals surface area contributed by atoms with Crippen molar-refractivity contribution in [3.63, 3.8) is 0 Å². The summed E-state index contributed by atoms with van der Waals surface area (Å²) in [7, 11) is 0. The van der Waals surface area contributed by atoms with Crippen LogP contribution in [0.15, 0.2) is 19.8 Å². The van der Waals surface area contributed by atoms with Crippen LogP contribution in [-0.2, 0) is 9.63 Å². The molecular weight excluding hydrogens is 290 g/mol. The van der Waals surface area contributed by atoms with Crippen molar-refractivity contribution in [2.24, 2.45) is 10.2 Å². The second kappa shape index (κ2) is 4.80. The van der Waals surface area contributed by atoms with Gasteiger partial charge < -0.3 is 10.2 Å². The number of amides is 3. The van der Waals surface area contributed by atoms with E-state index in [0.717, 1.165) is 0 Å². The molecule has 1 fully saturated rings. The number of H-pyrrole nitrogens is 2. The molecule has 0 radical (unpaired) electrons. The molecule has 2 atom stereocenters. The summed E-state index contributed by atoms with van der Waals surface area (Å²) in [5.74, 6) is -1.14. The lowest BCUT2D eigenvalue weighted by molar-refractivity contribution is -0.165. The quantitative estimate of drug-likeness (QED) is 0.351. The van der Waals surface area contributed by atoms with Gasteiger partial charge in [0.2, 0.25) is 5.69 Å². The molecule has 110 valence electrons. The molecule has 0 aromatic carbocycles. The fourth-order valence-electron chi connectivity index (χ4n) is 1.64. The number of urea groups is 1. The van der Waals surface area contributed by atoms with E-state index in [1.165, 1.54) is 0 Å². The van der Waals surface area contributed by atoms with Crippen LogP contribution in [0.4, 0.5) is 10.5 Å². The largest absolute Gasteiger partial charge is 0.362 e. The monoisotopic (exact) mass is 297 g/mol. The van der Waals surface area contributed by atoms with Gasteiger partial charge in [0, 0.05) is 0 Å². The van der Waals surface area contributed by atoms with E-state index < -0.39 is 35.5 Å². The van der Waals surface area contributed by atoms with E-state index in [0.29, 0.717) is 0 Å². The average molecular weight is 297 g/mol. The van der Waals surface area contributed by atoms with E-state index in [-0.39, 0.29) is 11.6 Å². The second-order valence-electron chi connectivity index (χ2n) is 3.93. The van der Waals surface area contributed by atoms with Crippen LogP contribution < -0.4 is 32.4 Å². The molecule has 13 nitrogen and oxygen atoms in total. The maximum atomic E-state index is 11.6. The number of nitrogens with zero attached hydrogens (tertiary/aromatic N) is 2. The molecule has 21 heavy (non-hydrogen) atoms. The normalized spacial score (nSPS) is 25.9. The third kappa shape index (κ3) is 2.37. The molecule has 5 N–H and O–H groups in total. The number of aromatic nitrogens is 2. The standard InChI is InChI=1S/C8H7N7O6/c16-3-1-5(11-7(18)9-3)20-15-21-6-2(14-13-1)4(17)10-8(19)12-6/h1,5,15H,(H2,9,11,16,18)(H2,10,12,17,19)/b14-13+. The Hall–Kier alpha value is -3.06. The summed E-state index contributed by atoms with van der Waals surface area (Å²) < 4.78 is 0. The molecule has 1 aromatic rings. The molecule has 13 heteroatoms. The third-order valence-corrected chi connectivity index (χ3v) is 2.55. The van der Waals surface area contributed by atoms with Gasteiger partial charge in [-0.1, -0.05) is 0 Å². The Kier molecular flexibility index (Phi) is 2.96. The Morgan fingerprint density at radius 1 is 1.10 bits per heavy atom. The first-order chi connectivity index (χ1) is 10.0. The Bertz CT molecular complexity index is 750. The van der Waals surface area contributed by atoms with Crippen LogP contribution in [0.25, 0.3) is 0 Å². The molecular formula is C8H7N7O6. The van der Waals surface area contributed by atoms with Crippen LogP contribution in [0.2, 0.25) is 0 Å². The van der Waals surface area contributed by atoms with Gasteiger partial charge in [-0.2, -0.15) is 5.11 Å². The zero-order valence-corrected chi connectivity index (χ0v) is 10.00. The molecule has 2 aliphatic rings. The summed E-state index contributed by atoms with van der Waals surface area (Å²) in [6.45, 7) is 0. The Morgan fingerprint density at radius 3 is 2.71 bits per heavy atom. The first-order valence-electron chi connectivity index (χ1n) is 5.51. The van der Waals surface area contributed by atoms with Gasteiger partial charge in [-0.25, -0.2) is 14.4 Å². The Labute approximate surface area is 113 Å². The van der Waals surface area contributed by atoms with Crippen LogP contribution in [0.3, 0.4) is 0 Å². The topological polar surface area (TPSA) is 179 Å². The highest BCUT2D eigenvalue weighted by Gasteiger charge is 2.38. The highest BCUT2D eigenvalue weighted by atomic mass is 16.9. The first-order valence-corrected chi connectivity index (χ1v) is 5.51. The summed E-state index contributed by atoms with van der Waals surface area (Å²) in [5, 5.41) is 11.4. The zero-order chi connectivity index (χ0) is 15.0. The minimum Gasteiger partial charge on any atom is -0.362 e. The Balaban J connectivity index is 2.03. The molecule has 3 amide bonds. The number of rotatable bonds is 0. The van der Waals surface area contributed by atoms with Gasteiger partial charge in [0.25, 0.3) is 17.3 Å². The zero-order valence-electron chi connectivity index (χ0n) is 10.00. The fraction of sp³-hybridized carbons (Fsp3) is 0.250. The van der Waals surface area contributed by atoms with Gasteiger partial charge in [-0.3, -0.25) is 24.9 Å². The molecule has 2 unspecified atom stereocenters. The van der Waals surface area contributed by atoms with E-state index >= 15 is 0 Å². The summed E-state index contributed by atoms with van der Waals surface area (Å²) in [4.78, 5) is 59.3. The van der Waals surface area contributed by atoms with E-state index in [4.69, 9.17) is 9.68 Å². The minimum atomic E-state index is -1.25. The number of hydrogen-bond donors (Lipinski definition) is 5. The molecule has 3 rings (SSSR count). The number of azo groups is 1. The summed E-state index contributed by atoms with van der Waals surface area (Å²) in [6.07, 6.45) is -1.21. The molecule has 3 heterocycles. The second-order valence-corrected chi connectivity index (χ2v) is 3.93. The predicted octanol–water partition coefficient (Wildman–Crippen LogP) is -2.49. The lowest BCUT2D eigenvalue weighted by atomic mass is 10.2. The van der Waals surface area contributed by atoms with Crippen molar-refractivity contribution in [1.29, 1.82) is 0 Å². The highest BCUT2D eigenvalue weighted by molar-refractivity contribution is 6.00. The van der Waals surface area contributed by atoms with Gasteiger partial charge in [0.15, 0.2) is 12.3 Å². The van der Waals surface area contributed by atoms with E-state index in [1.807, 2.05) is 15.9 Å². The third-order valence-electron chi connectivity index (χ3n) is 2.55. The molecule has 0 aliphatic carbocycles. The number of aromatic amines is 2. The maximum Gasteiger partial charge on any atom is 0.328 e. The van der Waals surface area contributed by atoms with Crippen molar-refractivity contribution in [1.82, 2.24) is 26.2 Å². The summed E-state index contributed by atoms with van der Waals surface area (Å²) in [5.41, 5.74) is -0.150. The van der Waals surface area contributed by atoms with Crippen molar-refractivity contribution in [2.45, 2.75) is 12.3 Å². The van der Waals surface area contributed by atoms with Crippen molar-refractivity contribution >= 4 is 17.6 Å². The minimum absolute atomic E-state index is 0.363. The lowest BCUT2D eigenvalue weighted by Gasteiger charge is -2.26. The lowest BCUT2D eigenvalue weighted by Crippen LogP contribution is -2.62. The van der Waals surface area contributed by atoms with E-state index in [1.54, 1.807) is 0 Å². The Morgan fingerprint density at radius 2 is 1.90 bits per heavy atom. The summed E-state index contributed by atoms with van der Waals surface area (Å²) >= 11 is 0. The molecule has 0 bridgehead atoms. The van der Waals surface area contributed by atoms with Crippen LogP contribution in [-0.4, -0.2) is 34.2 Å². The smallest absolute Gasteiger partial charge is 0.328 e. The number of carbonyl (C=O) groups is 2. The molecule has 0 saturated carbocycles. The molecule has 1 saturated heterocycles. The number of imide groups is 1. The molecule has 2 aliphatic heterocycles. The van der Waals surface area contributed by atoms with Crippen LogP contribution in [0.5, 0.6) is 5.88 Å². The van der Waals surface area contributed by atoms with Crippen molar-refractivity contribution in [2.75, 3.05) is 0 Å². The molecule has 1 aromatic heterocycles. The maximum absolute atomic E-state index is 11.6. The van der Waals surface area contributed by atoms with Gasteiger partial charge >= 0.3 is 11.7 Å². The van der Waals surface area contributed by atoms with Gasteiger partial charge in [-0.15, -0.1) is 5.11 Å². The fourth-order valence-corrected chi connectivity index (χ4v) is 1.64. The van der Waals surface area contributed by atoms with Crippen molar-refractivity contribution in [3.8, 4) is 5.88 Å². The average Bonchev–Trinajstić information content (AvgIpc) is 2.47. The van der Waals surface area contributed by atoms with Crippen LogP contribution in [0, 0.1) is 0 Å². The van der Waals surface area contributed by atoms with Gasteiger partial charge in [0.05, 0.1) is 0 Å². The van der Waals surface area contributed by atoms with Crippen LogP contribution >= 0.6 is 0 Å². The molecule has 0 spiro atoms. The summed E-state index contributed by atoms with van der Waals surface area (Å²) in [6, 6.07) is -2.04. The predicted molar refractivity (Wildman–Crippen MR) is 61.3 cm³/mol. The number of fused-ring (bicyclic) bond motifs is 2. The van der Waals surface area contributed by atoms with E-state index in [9.17, 15) is 19.2 Å². The number of carbonyl (C=O) groups excluding carboxylic acids is 2. The number of hydrogen-bond acceptors (Lipinski definition) is 9. The van der Waals surface area contributed by atoms with Gasteiger partial charge in [0.1, 0.15) is 0 Å². The number of nitrogens with one attached hydrogen (secondary N) is 5. The van der Waals surface area contributed by atoms with Crippen molar-refractivity contribution < 1.29 is 19.3 Å². The van der Waals surface area contributed by atoms with E-state index in [2.05, 4.69) is 20.5 Å². The first kappa shape index (κ1) is 12.9.